The fourth-order valence-electron chi connectivity index (χ4n) is 1.99. The van der Waals surface area contributed by atoms with Gasteiger partial charge in [-0.1, -0.05) is 20.3 Å². The van der Waals surface area contributed by atoms with Crippen molar-refractivity contribution in [3.63, 3.8) is 0 Å². The van der Waals surface area contributed by atoms with Crippen LogP contribution in [0.15, 0.2) is 0 Å². The molecule has 1 aliphatic rings. The highest BCUT2D eigenvalue weighted by Gasteiger charge is 2.38. The highest BCUT2D eigenvalue weighted by atomic mass is 32.2. The van der Waals surface area contributed by atoms with Gasteiger partial charge >= 0.3 is 5.97 Å². The van der Waals surface area contributed by atoms with E-state index < -0.39 is 22.0 Å². The number of hydrogen-bond acceptors (Lipinski definition) is 3. The Morgan fingerprint density at radius 1 is 1.44 bits per heavy atom. The number of carboxylic acids is 1. The van der Waals surface area contributed by atoms with Crippen LogP contribution in [-0.4, -0.2) is 42.1 Å². The standard InChI is InChI=1S/C10H19NO4S/c1-3-8(2)9(10(12)13)11-6-4-5-7-16(11,14)15/h8-9H,3-7H2,1-2H3,(H,12,13). The van der Waals surface area contributed by atoms with Gasteiger partial charge in [0.05, 0.1) is 5.75 Å². The molecule has 1 N–H and O–H groups in total. The van der Waals surface area contributed by atoms with Crippen molar-refractivity contribution >= 4 is 16.0 Å². The predicted octanol–water partition coefficient (Wildman–Crippen LogP) is 0.911. The summed E-state index contributed by atoms with van der Waals surface area (Å²) in [5, 5.41) is 9.15. The van der Waals surface area contributed by atoms with Crippen molar-refractivity contribution in [2.45, 2.75) is 39.2 Å². The maximum atomic E-state index is 11.8. The monoisotopic (exact) mass is 249 g/mol. The van der Waals surface area contributed by atoms with Gasteiger partial charge in [0, 0.05) is 6.54 Å². The van der Waals surface area contributed by atoms with E-state index in [-0.39, 0.29) is 11.7 Å². The molecule has 2 atom stereocenters. The van der Waals surface area contributed by atoms with Crippen molar-refractivity contribution in [3.05, 3.63) is 0 Å². The summed E-state index contributed by atoms with van der Waals surface area (Å²) in [4.78, 5) is 11.2. The molecule has 6 heteroatoms. The predicted molar refractivity (Wildman–Crippen MR) is 60.6 cm³/mol. The van der Waals surface area contributed by atoms with Crippen LogP contribution in [0.25, 0.3) is 0 Å². The molecule has 0 amide bonds. The van der Waals surface area contributed by atoms with Crippen LogP contribution in [0.4, 0.5) is 0 Å². The van der Waals surface area contributed by atoms with Gasteiger partial charge in [-0.3, -0.25) is 4.79 Å². The van der Waals surface area contributed by atoms with Gasteiger partial charge < -0.3 is 5.11 Å². The highest BCUT2D eigenvalue weighted by Crippen LogP contribution is 2.23. The van der Waals surface area contributed by atoms with Crippen molar-refractivity contribution in [3.8, 4) is 0 Å². The quantitative estimate of drug-likeness (QED) is 0.803. The van der Waals surface area contributed by atoms with Crippen molar-refractivity contribution in [1.82, 2.24) is 4.31 Å². The number of sulfonamides is 1. The van der Waals surface area contributed by atoms with Gasteiger partial charge in [-0.2, -0.15) is 4.31 Å². The van der Waals surface area contributed by atoms with Crippen molar-refractivity contribution in [1.29, 1.82) is 0 Å². The fraction of sp³-hybridized carbons (Fsp3) is 0.900. The third-order valence-corrected chi connectivity index (χ3v) is 5.06. The molecule has 1 rings (SSSR count). The first-order valence-corrected chi connectivity index (χ1v) is 7.23. The van der Waals surface area contributed by atoms with E-state index in [0.717, 1.165) is 6.42 Å². The van der Waals surface area contributed by atoms with Gasteiger partial charge in [0.1, 0.15) is 6.04 Å². The largest absolute Gasteiger partial charge is 0.480 e. The molecule has 0 aromatic heterocycles. The molecule has 1 heterocycles. The summed E-state index contributed by atoms with van der Waals surface area (Å²) in [5.41, 5.74) is 0. The number of rotatable bonds is 4. The van der Waals surface area contributed by atoms with Crippen LogP contribution in [0.2, 0.25) is 0 Å². The smallest absolute Gasteiger partial charge is 0.322 e. The van der Waals surface area contributed by atoms with Crippen LogP contribution in [0.3, 0.4) is 0 Å². The van der Waals surface area contributed by atoms with E-state index in [0.29, 0.717) is 19.4 Å². The molecule has 0 aromatic rings. The molecule has 16 heavy (non-hydrogen) atoms. The second-order valence-electron chi connectivity index (χ2n) is 4.30. The fourth-order valence-corrected chi connectivity index (χ4v) is 3.85. The summed E-state index contributed by atoms with van der Waals surface area (Å²) >= 11 is 0. The second-order valence-corrected chi connectivity index (χ2v) is 6.34. The second kappa shape index (κ2) is 5.14. The zero-order chi connectivity index (χ0) is 12.3. The Morgan fingerprint density at radius 3 is 2.50 bits per heavy atom. The minimum absolute atomic E-state index is 0.0766. The Morgan fingerprint density at radius 2 is 2.06 bits per heavy atom. The van der Waals surface area contributed by atoms with Crippen molar-refractivity contribution in [2.75, 3.05) is 12.3 Å². The van der Waals surface area contributed by atoms with E-state index in [1.165, 1.54) is 4.31 Å². The van der Waals surface area contributed by atoms with E-state index in [4.69, 9.17) is 5.11 Å². The lowest BCUT2D eigenvalue weighted by Crippen LogP contribution is -2.51. The molecule has 1 aliphatic heterocycles. The molecule has 0 aliphatic carbocycles. The Balaban J connectivity index is 2.97. The molecule has 1 fully saturated rings. The van der Waals surface area contributed by atoms with E-state index >= 15 is 0 Å². The van der Waals surface area contributed by atoms with E-state index in [2.05, 4.69) is 0 Å². The van der Waals surface area contributed by atoms with Crippen LogP contribution >= 0.6 is 0 Å². The lowest BCUT2D eigenvalue weighted by molar-refractivity contribution is -0.143. The van der Waals surface area contributed by atoms with Crippen LogP contribution in [-0.2, 0) is 14.8 Å². The topological polar surface area (TPSA) is 74.7 Å². The van der Waals surface area contributed by atoms with Gasteiger partial charge in [-0.05, 0) is 18.8 Å². The van der Waals surface area contributed by atoms with Crippen LogP contribution in [0.1, 0.15) is 33.1 Å². The maximum Gasteiger partial charge on any atom is 0.322 e. The Hall–Kier alpha value is -0.620. The summed E-state index contributed by atoms with van der Waals surface area (Å²) in [5.74, 6) is -1.13. The molecule has 0 radical (unpaired) electrons. The van der Waals surface area contributed by atoms with Gasteiger partial charge in [0.15, 0.2) is 0 Å². The number of nitrogens with zero attached hydrogens (tertiary/aromatic N) is 1. The molecule has 0 saturated carbocycles. The van der Waals surface area contributed by atoms with Crippen LogP contribution < -0.4 is 0 Å². The summed E-state index contributed by atoms with van der Waals surface area (Å²) in [6.45, 7) is 3.99. The first kappa shape index (κ1) is 13.4. The summed E-state index contributed by atoms with van der Waals surface area (Å²) in [7, 11) is -3.37. The maximum absolute atomic E-state index is 11.8. The van der Waals surface area contributed by atoms with Crippen LogP contribution in [0, 0.1) is 5.92 Å². The van der Waals surface area contributed by atoms with Gasteiger partial charge in [-0.15, -0.1) is 0 Å². The number of carbonyl (C=O) groups is 1. The third-order valence-electron chi connectivity index (χ3n) is 3.13. The number of aliphatic carboxylic acids is 1. The zero-order valence-corrected chi connectivity index (χ0v) is 10.5. The number of hydrogen-bond donors (Lipinski definition) is 1. The summed E-state index contributed by atoms with van der Waals surface area (Å²) in [6, 6.07) is -0.907. The summed E-state index contributed by atoms with van der Waals surface area (Å²) < 4.78 is 24.8. The normalized spacial score (nSPS) is 24.9. The molecule has 1 saturated heterocycles. The van der Waals surface area contributed by atoms with Gasteiger partial charge in [-0.25, -0.2) is 8.42 Å². The Kier molecular flexibility index (Phi) is 4.32. The molecule has 0 aromatic carbocycles. The molecular formula is C10H19NO4S. The Labute approximate surface area is 96.5 Å². The van der Waals surface area contributed by atoms with Crippen molar-refractivity contribution < 1.29 is 18.3 Å². The zero-order valence-electron chi connectivity index (χ0n) is 9.72. The summed E-state index contributed by atoms with van der Waals surface area (Å²) in [6.07, 6.45) is 2.04. The molecule has 2 unspecified atom stereocenters. The lowest BCUT2D eigenvalue weighted by atomic mass is 9.99. The van der Waals surface area contributed by atoms with E-state index in [1.807, 2.05) is 6.92 Å². The van der Waals surface area contributed by atoms with Crippen LogP contribution in [0.5, 0.6) is 0 Å². The first-order valence-electron chi connectivity index (χ1n) is 5.62. The van der Waals surface area contributed by atoms with E-state index in [9.17, 15) is 13.2 Å². The first-order chi connectivity index (χ1) is 7.40. The molecule has 5 nitrogen and oxygen atoms in total. The minimum Gasteiger partial charge on any atom is -0.480 e. The molecule has 0 bridgehead atoms. The van der Waals surface area contributed by atoms with Crippen molar-refractivity contribution in [2.24, 2.45) is 5.92 Å². The molecule has 0 spiro atoms. The number of carboxylic acid groups (broad SMARTS) is 1. The molecular weight excluding hydrogens is 230 g/mol. The average Bonchev–Trinajstić information content (AvgIpc) is 2.20. The SMILES string of the molecule is CCC(C)C(C(=O)O)N1CCCCS1(=O)=O. The molecule has 94 valence electrons. The van der Waals surface area contributed by atoms with E-state index in [1.54, 1.807) is 6.92 Å². The minimum atomic E-state index is -3.37. The third kappa shape index (κ3) is 2.74. The average molecular weight is 249 g/mol. The van der Waals surface area contributed by atoms with Gasteiger partial charge in [0.25, 0.3) is 0 Å². The highest BCUT2D eigenvalue weighted by molar-refractivity contribution is 7.89. The lowest BCUT2D eigenvalue weighted by Gasteiger charge is -2.34. The Bertz CT molecular complexity index is 352. The van der Waals surface area contributed by atoms with Gasteiger partial charge in [0.2, 0.25) is 10.0 Å².